The van der Waals surface area contributed by atoms with Gasteiger partial charge in [0.1, 0.15) is 11.5 Å². The lowest BCUT2D eigenvalue weighted by molar-refractivity contribution is 0.483. The third kappa shape index (κ3) is 7.49. The maximum atomic E-state index is 7.34. The van der Waals surface area contributed by atoms with Crippen LogP contribution in [0.5, 0.6) is 11.5 Å². The molecule has 354 valence electrons. The SMILES string of the molecule is CC(C)(C)c1cc2c3c(c1)N(c1c(-c4ccccc4)cc(-c4ccccc4)cc1-c1ccccc1)c1cc(-c4c5ccccc5c(-c5ccccc5)c5ccccc45)ccc1B3c1ccc(-c3ccccc3)cc1O2. The number of benzene rings is 12. The van der Waals surface area contributed by atoms with E-state index in [4.69, 9.17) is 4.74 Å². The van der Waals surface area contributed by atoms with E-state index in [0.717, 1.165) is 78.5 Å². The maximum Gasteiger partial charge on any atom is 0.256 e. The first kappa shape index (κ1) is 44.5. The summed E-state index contributed by atoms with van der Waals surface area (Å²) in [5.41, 5.74) is 22.0. The molecule has 12 aromatic rings. The summed E-state index contributed by atoms with van der Waals surface area (Å²) in [7, 11) is 0. The van der Waals surface area contributed by atoms with Gasteiger partial charge in [-0.2, -0.15) is 0 Å². The van der Waals surface area contributed by atoms with Crippen molar-refractivity contribution < 1.29 is 4.74 Å². The molecule has 14 rings (SSSR count). The fourth-order valence-corrected chi connectivity index (χ4v) is 12.1. The minimum atomic E-state index is -0.204. The second-order valence-corrected chi connectivity index (χ2v) is 21.1. The summed E-state index contributed by atoms with van der Waals surface area (Å²) in [5, 5.41) is 4.92. The first-order valence-corrected chi connectivity index (χ1v) is 26.2. The highest BCUT2D eigenvalue weighted by molar-refractivity contribution is 6.99. The van der Waals surface area contributed by atoms with Crippen molar-refractivity contribution in [3.8, 4) is 78.3 Å². The topological polar surface area (TPSA) is 12.5 Å². The number of hydrogen-bond acceptors (Lipinski definition) is 2. The molecular weight excluding hydrogens is 906 g/mol. The Kier molecular flexibility index (Phi) is 10.6. The smallest absolute Gasteiger partial charge is 0.256 e. The Bertz CT molecular complexity index is 4050. The number of rotatable bonds is 7. The largest absolute Gasteiger partial charge is 0.458 e. The maximum absolute atomic E-state index is 7.34. The van der Waals surface area contributed by atoms with Crippen LogP contribution < -0.4 is 26.0 Å². The molecule has 0 fully saturated rings. The van der Waals surface area contributed by atoms with Crippen LogP contribution in [0.3, 0.4) is 0 Å². The molecule has 0 N–H and O–H groups in total. The molecule has 12 aromatic carbocycles. The molecule has 0 saturated heterocycles. The van der Waals surface area contributed by atoms with Crippen LogP contribution in [0.4, 0.5) is 17.1 Å². The zero-order valence-corrected chi connectivity index (χ0v) is 42.3. The van der Waals surface area contributed by atoms with Gasteiger partial charge in [-0.3, -0.25) is 0 Å². The molecular formula is C72H52BNO. The Labute approximate surface area is 439 Å². The van der Waals surface area contributed by atoms with Gasteiger partial charge >= 0.3 is 0 Å². The normalized spacial score (nSPS) is 12.5. The molecule has 0 spiro atoms. The van der Waals surface area contributed by atoms with Gasteiger partial charge in [-0.25, -0.2) is 0 Å². The summed E-state index contributed by atoms with van der Waals surface area (Å²) in [6.45, 7) is 6.83. The molecule has 0 aromatic heterocycles. The Morgan fingerprint density at radius 1 is 0.333 bits per heavy atom. The third-order valence-electron chi connectivity index (χ3n) is 15.6. The molecule has 3 heteroatoms. The fourth-order valence-electron chi connectivity index (χ4n) is 12.1. The lowest BCUT2D eigenvalue weighted by atomic mass is 9.34. The predicted octanol–water partition coefficient (Wildman–Crippen LogP) is 17.7. The van der Waals surface area contributed by atoms with Crippen LogP contribution in [0.25, 0.3) is 88.3 Å². The van der Waals surface area contributed by atoms with Gasteiger partial charge in [0.25, 0.3) is 6.71 Å². The molecule has 0 bridgehead atoms. The molecule has 75 heavy (non-hydrogen) atoms. The van der Waals surface area contributed by atoms with Crippen molar-refractivity contribution >= 4 is 61.7 Å². The standard InChI is InChI=1S/C72H52BNO/c1-72(2,3)55-45-65-70-67(46-55)75-66-44-52(47-23-9-4-10-24-47)37-40-63(66)73(70)62-39-38-53(69-58-35-21-19-33-56(58)68(51-31-17-8-18-32-51)57-34-20-22-36-59(57)69)43-64(62)74(65)71-60(49-27-13-6-14-28-49)41-54(48-25-11-5-12-26-48)42-61(71)50-29-15-7-16-30-50/h4-46H,1-3H3. The molecule has 2 aliphatic rings. The predicted molar refractivity (Wildman–Crippen MR) is 319 cm³/mol. The van der Waals surface area contributed by atoms with Gasteiger partial charge < -0.3 is 9.64 Å². The van der Waals surface area contributed by atoms with E-state index in [0.29, 0.717) is 0 Å². The van der Waals surface area contributed by atoms with Crippen LogP contribution in [0, 0.1) is 0 Å². The van der Waals surface area contributed by atoms with E-state index in [2.05, 4.69) is 287 Å². The molecule has 2 heterocycles. The van der Waals surface area contributed by atoms with Gasteiger partial charge in [0, 0.05) is 22.5 Å². The minimum Gasteiger partial charge on any atom is -0.458 e. The van der Waals surface area contributed by atoms with Crippen molar-refractivity contribution in [1.29, 1.82) is 0 Å². The lowest BCUT2D eigenvalue weighted by Gasteiger charge is -2.42. The van der Waals surface area contributed by atoms with Gasteiger partial charge in [-0.05, 0) is 141 Å². The quantitative estimate of drug-likeness (QED) is 0.117. The number of hydrogen-bond donors (Lipinski definition) is 0. The Morgan fingerprint density at radius 3 is 1.29 bits per heavy atom. The Morgan fingerprint density at radius 2 is 0.773 bits per heavy atom. The van der Waals surface area contributed by atoms with Crippen molar-refractivity contribution in [2.24, 2.45) is 0 Å². The van der Waals surface area contributed by atoms with Crippen molar-refractivity contribution in [2.75, 3.05) is 4.90 Å². The van der Waals surface area contributed by atoms with Gasteiger partial charge in [0.15, 0.2) is 0 Å². The van der Waals surface area contributed by atoms with E-state index < -0.39 is 0 Å². The second-order valence-electron chi connectivity index (χ2n) is 21.1. The summed E-state index contributed by atoms with van der Waals surface area (Å²) in [5.74, 6) is 1.79. The number of ether oxygens (including phenoxy) is 1. The van der Waals surface area contributed by atoms with Gasteiger partial charge in [0.05, 0.1) is 5.69 Å². The highest BCUT2D eigenvalue weighted by Crippen LogP contribution is 2.53. The molecule has 2 aliphatic heterocycles. The molecule has 2 nitrogen and oxygen atoms in total. The lowest BCUT2D eigenvalue weighted by Crippen LogP contribution is -2.59. The van der Waals surface area contributed by atoms with E-state index >= 15 is 0 Å². The first-order chi connectivity index (χ1) is 36.9. The number of nitrogens with zero attached hydrogens (tertiary/aromatic N) is 1. The Hall–Kier alpha value is -9.18. The average Bonchev–Trinajstić information content (AvgIpc) is 3.49. The van der Waals surface area contributed by atoms with Crippen LogP contribution in [0.1, 0.15) is 26.3 Å². The van der Waals surface area contributed by atoms with Crippen LogP contribution in [-0.2, 0) is 5.41 Å². The van der Waals surface area contributed by atoms with Crippen LogP contribution in [0.2, 0.25) is 0 Å². The molecule has 0 saturated carbocycles. The minimum absolute atomic E-state index is 0.115. The zero-order valence-electron chi connectivity index (χ0n) is 42.3. The van der Waals surface area contributed by atoms with Crippen molar-refractivity contribution in [1.82, 2.24) is 0 Å². The molecule has 0 radical (unpaired) electrons. The van der Waals surface area contributed by atoms with E-state index in [1.807, 2.05) is 0 Å². The van der Waals surface area contributed by atoms with Crippen molar-refractivity contribution in [2.45, 2.75) is 26.2 Å². The summed E-state index contributed by atoms with van der Waals surface area (Å²) in [6, 6.07) is 96.2. The average molecular weight is 958 g/mol. The van der Waals surface area contributed by atoms with E-state index in [-0.39, 0.29) is 12.1 Å². The van der Waals surface area contributed by atoms with Crippen LogP contribution >= 0.6 is 0 Å². The second kappa shape index (κ2) is 17.8. The number of anilines is 3. The molecule has 0 amide bonds. The van der Waals surface area contributed by atoms with E-state index in [1.165, 1.54) is 60.3 Å². The van der Waals surface area contributed by atoms with Gasteiger partial charge in [0.2, 0.25) is 0 Å². The monoisotopic (exact) mass is 957 g/mol. The van der Waals surface area contributed by atoms with Gasteiger partial charge in [-0.1, -0.05) is 245 Å². The van der Waals surface area contributed by atoms with Crippen LogP contribution in [-0.4, -0.2) is 6.71 Å². The first-order valence-electron chi connectivity index (χ1n) is 26.2. The molecule has 0 aliphatic carbocycles. The molecule has 0 unspecified atom stereocenters. The summed E-state index contributed by atoms with van der Waals surface area (Å²) in [4.78, 5) is 2.62. The third-order valence-corrected chi connectivity index (χ3v) is 15.6. The van der Waals surface area contributed by atoms with Gasteiger partial charge in [-0.15, -0.1) is 0 Å². The Balaban J connectivity index is 1.12. The van der Waals surface area contributed by atoms with Crippen molar-refractivity contribution in [3.63, 3.8) is 0 Å². The highest BCUT2D eigenvalue weighted by Gasteiger charge is 2.44. The van der Waals surface area contributed by atoms with Crippen LogP contribution in [0.15, 0.2) is 261 Å². The highest BCUT2D eigenvalue weighted by atomic mass is 16.5. The van der Waals surface area contributed by atoms with Crippen molar-refractivity contribution in [3.05, 3.63) is 266 Å². The zero-order chi connectivity index (χ0) is 50.2. The van der Waals surface area contributed by atoms with E-state index in [1.54, 1.807) is 0 Å². The fraction of sp³-hybridized carbons (Fsp3) is 0.0556. The summed E-state index contributed by atoms with van der Waals surface area (Å²) < 4.78 is 7.34. The summed E-state index contributed by atoms with van der Waals surface area (Å²) in [6.07, 6.45) is 0. The number of fused-ring (bicyclic) bond motifs is 6. The van der Waals surface area contributed by atoms with E-state index in [9.17, 15) is 0 Å². The molecule has 0 atom stereocenters. The summed E-state index contributed by atoms with van der Waals surface area (Å²) >= 11 is 0.